The molecule has 0 atom stereocenters. The van der Waals surface area contributed by atoms with Gasteiger partial charge in [-0.2, -0.15) is 0 Å². The van der Waals surface area contributed by atoms with E-state index in [1.54, 1.807) is 0 Å². The fourth-order valence-corrected chi connectivity index (χ4v) is 9.74. The molecule has 58 heavy (non-hydrogen) atoms. The van der Waals surface area contributed by atoms with Crippen molar-refractivity contribution in [2.24, 2.45) is 0 Å². The van der Waals surface area contributed by atoms with Crippen LogP contribution in [0.2, 0.25) is 0 Å². The molecule has 0 saturated carbocycles. The van der Waals surface area contributed by atoms with Crippen molar-refractivity contribution in [2.75, 3.05) is 0 Å². The fourth-order valence-electron chi connectivity index (χ4n) is 9.74. The Bertz CT molecular complexity index is 3350. The van der Waals surface area contributed by atoms with Gasteiger partial charge in [0.25, 0.3) is 0 Å². The van der Waals surface area contributed by atoms with E-state index in [-0.39, 0.29) is 0 Å². The van der Waals surface area contributed by atoms with Crippen molar-refractivity contribution < 1.29 is 0 Å². The Hall–Kier alpha value is -7.61. The predicted molar refractivity (Wildman–Crippen MR) is 246 cm³/mol. The van der Waals surface area contributed by atoms with Crippen LogP contribution < -0.4 is 0 Å². The van der Waals surface area contributed by atoms with Crippen LogP contribution >= 0.6 is 0 Å². The summed E-state index contributed by atoms with van der Waals surface area (Å²) in [6.07, 6.45) is 0. The summed E-state index contributed by atoms with van der Waals surface area (Å²) in [5.41, 5.74) is 16.5. The lowest BCUT2D eigenvalue weighted by molar-refractivity contribution is 1.33. The van der Waals surface area contributed by atoms with Gasteiger partial charge in [0.05, 0.1) is 11.4 Å². The van der Waals surface area contributed by atoms with Gasteiger partial charge in [-0.25, -0.2) is 4.98 Å². The Morgan fingerprint density at radius 1 is 0.224 bits per heavy atom. The third-order valence-electron chi connectivity index (χ3n) is 12.2. The molecule has 1 aliphatic rings. The number of hydrogen-bond acceptors (Lipinski definition) is 1. The van der Waals surface area contributed by atoms with E-state index >= 15 is 0 Å². The Morgan fingerprint density at radius 3 is 1.28 bits per heavy atom. The van der Waals surface area contributed by atoms with Gasteiger partial charge in [-0.05, 0) is 82.0 Å². The standard InChI is InChI=1S/C57H35N/c1-3-17-38(18-4-1)52-54-48-30-14-22-37-23-15-31-49(51(37)48)55(54)57(40-19-5-2-6-20-40)58-56(52)41-34-32-39(33-35-41)50-44-25-9-11-27-46(44)53(47-28-12-10-26-45(47)50)43-29-13-21-36-16-7-8-24-42(36)43/h1-35H. The highest BCUT2D eigenvalue weighted by Gasteiger charge is 2.31. The minimum Gasteiger partial charge on any atom is -0.246 e. The van der Waals surface area contributed by atoms with E-state index in [2.05, 4.69) is 212 Å². The van der Waals surface area contributed by atoms with Crippen LogP contribution in [0.4, 0.5) is 0 Å². The van der Waals surface area contributed by atoms with Crippen molar-refractivity contribution in [3.05, 3.63) is 212 Å². The van der Waals surface area contributed by atoms with E-state index in [1.807, 2.05) is 0 Å². The van der Waals surface area contributed by atoms with Gasteiger partial charge in [-0.15, -0.1) is 0 Å². The highest BCUT2D eigenvalue weighted by atomic mass is 14.7. The number of benzene rings is 10. The Kier molecular flexibility index (Phi) is 7.30. The third kappa shape index (κ3) is 4.87. The lowest BCUT2D eigenvalue weighted by Gasteiger charge is -2.20. The molecule has 11 aromatic rings. The van der Waals surface area contributed by atoms with Crippen LogP contribution in [-0.4, -0.2) is 4.98 Å². The van der Waals surface area contributed by atoms with Crippen LogP contribution in [0.3, 0.4) is 0 Å². The normalized spacial score (nSPS) is 11.8. The van der Waals surface area contributed by atoms with Gasteiger partial charge in [0, 0.05) is 27.8 Å². The molecule has 1 heteroatoms. The van der Waals surface area contributed by atoms with Crippen LogP contribution in [0, 0.1) is 0 Å². The van der Waals surface area contributed by atoms with Gasteiger partial charge < -0.3 is 0 Å². The van der Waals surface area contributed by atoms with Gasteiger partial charge in [0.2, 0.25) is 0 Å². The number of aromatic nitrogens is 1. The summed E-state index contributed by atoms with van der Waals surface area (Å²) in [5, 5.41) is 10.1. The second-order valence-electron chi connectivity index (χ2n) is 15.3. The van der Waals surface area contributed by atoms with Gasteiger partial charge >= 0.3 is 0 Å². The summed E-state index contributed by atoms with van der Waals surface area (Å²) in [6.45, 7) is 0. The molecule has 12 rings (SSSR count). The summed E-state index contributed by atoms with van der Waals surface area (Å²) in [6, 6.07) is 77.4. The fraction of sp³-hybridized carbons (Fsp3) is 0. The van der Waals surface area contributed by atoms with E-state index < -0.39 is 0 Å². The molecule has 0 N–H and O–H groups in total. The van der Waals surface area contributed by atoms with Gasteiger partial charge in [0.1, 0.15) is 0 Å². The van der Waals surface area contributed by atoms with Gasteiger partial charge in [-0.1, -0.05) is 212 Å². The molecular formula is C57H35N. The Morgan fingerprint density at radius 2 is 0.638 bits per heavy atom. The van der Waals surface area contributed by atoms with Gasteiger partial charge in [-0.3, -0.25) is 0 Å². The van der Waals surface area contributed by atoms with Gasteiger partial charge in [0.15, 0.2) is 0 Å². The second-order valence-corrected chi connectivity index (χ2v) is 15.3. The first-order valence-corrected chi connectivity index (χ1v) is 20.1. The van der Waals surface area contributed by atoms with Crippen molar-refractivity contribution >= 4 is 43.1 Å². The molecule has 1 heterocycles. The van der Waals surface area contributed by atoms with E-state index in [4.69, 9.17) is 4.98 Å². The Labute approximate surface area is 337 Å². The average Bonchev–Trinajstić information content (AvgIpc) is 3.63. The van der Waals surface area contributed by atoms with Crippen LogP contribution in [-0.2, 0) is 0 Å². The van der Waals surface area contributed by atoms with Crippen molar-refractivity contribution in [2.45, 2.75) is 0 Å². The minimum atomic E-state index is 0.987. The smallest absolute Gasteiger partial charge is 0.0794 e. The van der Waals surface area contributed by atoms with E-state index in [1.165, 1.54) is 93.2 Å². The number of fused-ring (bicyclic) bond motifs is 6. The molecule has 1 nitrogen and oxygen atoms in total. The largest absolute Gasteiger partial charge is 0.246 e. The highest BCUT2D eigenvalue weighted by Crippen LogP contribution is 2.56. The molecule has 10 aromatic carbocycles. The summed E-state index contributed by atoms with van der Waals surface area (Å²) in [4.78, 5) is 5.70. The molecule has 0 amide bonds. The summed E-state index contributed by atoms with van der Waals surface area (Å²) in [7, 11) is 0. The highest BCUT2D eigenvalue weighted by molar-refractivity contribution is 6.24. The minimum absolute atomic E-state index is 0.987. The van der Waals surface area contributed by atoms with Crippen LogP contribution in [0.15, 0.2) is 212 Å². The molecule has 268 valence electrons. The van der Waals surface area contributed by atoms with Crippen LogP contribution in [0.5, 0.6) is 0 Å². The quantitative estimate of drug-likeness (QED) is 0.161. The number of rotatable bonds is 5. The SMILES string of the molecule is c1ccc(-c2nc(-c3ccc(-c4c5ccccc5c(-c5cccc6ccccc56)c5ccccc45)cc3)c(-c3ccccc3)c3c2-c2cccc4cccc-3c24)cc1. The zero-order valence-corrected chi connectivity index (χ0v) is 31.7. The van der Waals surface area contributed by atoms with Crippen molar-refractivity contribution in [1.82, 2.24) is 4.98 Å². The molecule has 0 fully saturated rings. The Balaban J connectivity index is 1.11. The zero-order chi connectivity index (χ0) is 38.2. The topological polar surface area (TPSA) is 12.9 Å². The third-order valence-corrected chi connectivity index (χ3v) is 12.2. The molecule has 0 unspecified atom stereocenters. The van der Waals surface area contributed by atoms with Crippen LogP contribution in [0.25, 0.3) is 121 Å². The number of hydrogen-bond donors (Lipinski definition) is 0. The molecule has 1 aromatic heterocycles. The first-order chi connectivity index (χ1) is 28.8. The number of nitrogens with zero attached hydrogens (tertiary/aromatic N) is 1. The average molecular weight is 734 g/mol. The molecule has 0 radical (unpaired) electrons. The van der Waals surface area contributed by atoms with Crippen LogP contribution in [0.1, 0.15) is 0 Å². The molecule has 0 spiro atoms. The lowest BCUT2D eigenvalue weighted by Crippen LogP contribution is -1.98. The van der Waals surface area contributed by atoms with Crippen molar-refractivity contribution in [1.29, 1.82) is 0 Å². The first kappa shape index (κ1) is 32.6. The number of pyridine rings is 1. The summed E-state index contributed by atoms with van der Waals surface area (Å²) in [5.74, 6) is 0. The molecule has 0 aliphatic heterocycles. The molecular weight excluding hydrogens is 699 g/mol. The second kappa shape index (κ2) is 13.0. The summed E-state index contributed by atoms with van der Waals surface area (Å²) >= 11 is 0. The van der Waals surface area contributed by atoms with Crippen molar-refractivity contribution in [3.63, 3.8) is 0 Å². The lowest BCUT2D eigenvalue weighted by atomic mass is 9.84. The molecule has 0 saturated heterocycles. The van der Waals surface area contributed by atoms with Crippen molar-refractivity contribution in [3.8, 4) is 78.1 Å². The maximum atomic E-state index is 5.70. The monoisotopic (exact) mass is 733 g/mol. The predicted octanol–water partition coefficient (Wildman–Crippen LogP) is 15.7. The van der Waals surface area contributed by atoms with E-state index in [0.717, 1.165) is 28.1 Å². The molecule has 1 aliphatic carbocycles. The molecule has 0 bridgehead atoms. The van der Waals surface area contributed by atoms with E-state index in [9.17, 15) is 0 Å². The summed E-state index contributed by atoms with van der Waals surface area (Å²) < 4.78 is 0. The maximum absolute atomic E-state index is 5.70. The maximum Gasteiger partial charge on any atom is 0.0794 e. The zero-order valence-electron chi connectivity index (χ0n) is 31.7. The first-order valence-electron chi connectivity index (χ1n) is 20.1. The van der Waals surface area contributed by atoms with E-state index in [0.29, 0.717) is 0 Å².